The van der Waals surface area contributed by atoms with E-state index in [2.05, 4.69) is 0 Å². The summed E-state index contributed by atoms with van der Waals surface area (Å²) in [4.78, 5) is 0. The molecule has 0 aromatic heterocycles. The minimum atomic E-state index is -5.24. The third kappa shape index (κ3) is 7.95. The molecule has 0 bridgehead atoms. The van der Waals surface area contributed by atoms with E-state index in [0.29, 0.717) is 24.0 Å². The van der Waals surface area contributed by atoms with Gasteiger partial charge < -0.3 is 0 Å². The van der Waals surface area contributed by atoms with Crippen LogP contribution in [0, 0.1) is 46.7 Å². The van der Waals surface area contributed by atoms with Gasteiger partial charge in [-0.3, -0.25) is 0 Å². The molecular weight excluding hydrogens is 803 g/mol. The maximum atomic E-state index is 17.7. The van der Waals surface area contributed by atoms with Gasteiger partial charge in [-0.25, -0.2) is 34.8 Å². The fraction of sp³-hybridized carbons (Fsp3) is 0.308. The van der Waals surface area contributed by atoms with Crippen LogP contribution in [0.2, 0.25) is 0 Å². The summed E-state index contributed by atoms with van der Waals surface area (Å²) < 4.78 is 123. The molecule has 0 saturated heterocycles. The predicted octanol–water partition coefficient (Wildman–Crippen LogP) is 13.5. The van der Waals surface area contributed by atoms with Crippen molar-refractivity contribution in [3.8, 4) is 0 Å². The van der Waals surface area contributed by atoms with E-state index in [1.807, 2.05) is 0 Å². The van der Waals surface area contributed by atoms with Crippen LogP contribution >= 0.6 is 0 Å². The van der Waals surface area contributed by atoms with Crippen molar-refractivity contribution in [2.24, 2.45) is 11.8 Å². The maximum absolute atomic E-state index is 17.7. The molecule has 2 aliphatic carbocycles. The Bertz CT molecular complexity index is 2300. The topological polar surface area (TPSA) is 34.1 Å². The average molecular weight is 851 g/mol. The summed E-state index contributed by atoms with van der Waals surface area (Å²) in [5, 5.41) is 0. The molecule has 0 amide bonds. The lowest BCUT2D eigenvalue weighted by Gasteiger charge is -2.47. The molecule has 6 aromatic rings. The lowest BCUT2D eigenvalue weighted by atomic mass is 9.77. The van der Waals surface area contributed by atoms with Crippen molar-refractivity contribution < 1.29 is 34.8 Å². The third-order valence-electron chi connectivity index (χ3n) is 13.2. The summed E-state index contributed by atoms with van der Waals surface area (Å²) in [5.74, 6) is -3.57. The van der Waals surface area contributed by atoms with Gasteiger partial charge in [0.1, 0.15) is 44.4 Å². The van der Waals surface area contributed by atoms with E-state index in [4.69, 9.17) is 0 Å². The Kier molecular flexibility index (Phi) is 12.3. The van der Waals surface area contributed by atoms with Crippen molar-refractivity contribution in [2.75, 3.05) is 0 Å². The first-order chi connectivity index (χ1) is 29.4. The Balaban J connectivity index is 1.58. The van der Waals surface area contributed by atoms with Gasteiger partial charge >= 0.3 is 0 Å². The number of hydrogen-bond acceptors (Lipinski definition) is 2. The predicted molar refractivity (Wildman–Crippen MR) is 228 cm³/mol. The van der Waals surface area contributed by atoms with Crippen molar-refractivity contribution >= 4 is 9.84 Å². The lowest BCUT2D eigenvalue weighted by Crippen LogP contribution is -2.52. The second-order valence-corrected chi connectivity index (χ2v) is 19.1. The minimum absolute atomic E-state index is 0.0709. The second-order valence-electron chi connectivity index (χ2n) is 16.9. The lowest BCUT2D eigenvalue weighted by molar-refractivity contribution is 0.355. The first-order valence-electron chi connectivity index (χ1n) is 21.3. The van der Waals surface area contributed by atoms with Crippen molar-refractivity contribution in [1.29, 1.82) is 0 Å². The van der Waals surface area contributed by atoms with Crippen LogP contribution in [0.3, 0.4) is 0 Å². The summed E-state index contributed by atoms with van der Waals surface area (Å²) in [6, 6.07) is 28.2. The highest BCUT2D eigenvalue weighted by molar-refractivity contribution is 7.94. The Hall–Kier alpha value is -5.15. The van der Waals surface area contributed by atoms with Crippen LogP contribution in [0.25, 0.3) is 0 Å². The van der Waals surface area contributed by atoms with Gasteiger partial charge in [0.05, 0.1) is 0 Å². The van der Waals surface area contributed by atoms with Crippen molar-refractivity contribution in [2.45, 2.75) is 86.5 Å². The van der Waals surface area contributed by atoms with Gasteiger partial charge in [-0.1, -0.05) is 125 Å². The first kappa shape index (κ1) is 42.5. The molecule has 2 saturated carbocycles. The average Bonchev–Trinajstić information content (AvgIpc) is 3.25. The maximum Gasteiger partial charge on any atom is 0.186 e. The number of halogens is 6. The zero-order valence-corrected chi connectivity index (χ0v) is 34.7. The molecule has 0 atom stereocenters. The quantitative estimate of drug-likeness (QED) is 0.0908. The standard InChI is InChI=1S/C52H48F6O2S/c53-43-19-11-39(12-20-43)51(40-13-21-44(54)22-14-40,49-29-27-47(57)33-37(49)31-35-7-3-1-4-8-35)61(59,60)52(41-15-23-45(55)24-16-41,42-17-25-46(56)26-18-42)50-30-28-48(58)34-38(50)32-36-9-5-2-6-10-36/h11-30,33-36H,1-10,31-32H2. The third-order valence-corrected chi connectivity index (χ3v) is 16.2. The number of rotatable bonds is 12. The van der Waals surface area contributed by atoms with Crippen LogP contribution in [0.5, 0.6) is 0 Å². The monoisotopic (exact) mass is 850 g/mol. The molecule has 0 N–H and O–H groups in total. The smallest absolute Gasteiger partial charge is 0.186 e. The highest BCUT2D eigenvalue weighted by Crippen LogP contribution is 2.58. The van der Waals surface area contributed by atoms with Crippen LogP contribution in [-0.4, -0.2) is 8.42 Å². The van der Waals surface area contributed by atoms with Crippen molar-refractivity contribution in [3.63, 3.8) is 0 Å². The van der Waals surface area contributed by atoms with Crippen LogP contribution in [0.4, 0.5) is 26.3 Å². The Morgan fingerprint density at radius 2 is 0.639 bits per heavy atom. The molecule has 0 heterocycles. The summed E-state index contributed by atoms with van der Waals surface area (Å²) in [7, 11) is -5.24. The fourth-order valence-electron chi connectivity index (χ4n) is 10.4. The van der Waals surface area contributed by atoms with Crippen molar-refractivity contribution in [3.05, 3.63) is 213 Å². The molecule has 2 aliphatic rings. The van der Waals surface area contributed by atoms with E-state index in [0.717, 1.165) is 113 Å². The van der Waals surface area contributed by atoms with E-state index in [1.165, 1.54) is 84.9 Å². The zero-order valence-electron chi connectivity index (χ0n) is 33.8. The van der Waals surface area contributed by atoms with Gasteiger partial charge in [0.25, 0.3) is 0 Å². The van der Waals surface area contributed by atoms with Crippen LogP contribution in [0.1, 0.15) is 109 Å². The summed E-state index contributed by atoms with van der Waals surface area (Å²) in [6.45, 7) is 0. The van der Waals surface area contributed by atoms with Crippen LogP contribution < -0.4 is 0 Å². The second kappa shape index (κ2) is 17.7. The number of sulfone groups is 1. The highest BCUT2D eigenvalue weighted by atomic mass is 32.2. The Morgan fingerprint density at radius 1 is 0.377 bits per heavy atom. The van der Waals surface area contributed by atoms with Gasteiger partial charge in [0.15, 0.2) is 9.84 Å². The summed E-state index contributed by atoms with van der Waals surface area (Å²) >= 11 is 0. The largest absolute Gasteiger partial charge is 0.226 e. The molecule has 2 fully saturated rings. The van der Waals surface area contributed by atoms with E-state index in [-0.39, 0.29) is 45.2 Å². The molecule has 2 nitrogen and oxygen atoms in total. The van der Waals surface area contributed by atoms with E-state index in [9.17, 15) is 0 Å². The summed E-state index contributed by atoms with van der Waals surface area (Å²) in [6.07, 6.45) is 9.95. The molecule has 9 heteroatoms. The summed E-state index contributed by atoms with van der Waals surface area (Å²) in [5.41, 5.74) is 1.42. The highest BCUT2D eigenvalue weighted by Gasteiger charge is 2.62. The molecule has 0 radical (unpaired) electrons. The van der Waals surface area contributed by atoms with Gasteiger partial charge in [0, 0.05) is 0 Å². The first-order valence-corrected chi connectivity index (χ1v) is 22.8. The molecule has 6 aromatic carbocycles. The van der Waals surface area contributed by atoms with Crippen LogP contribution in [-0.2, 0) is 32.2 Å². The van der Waals surface area contributed by atoms with Gasteiger partial charge in [-0.15, -0.1) is 0 Å². The van der Waals surface area contributed by atoms with Crippen molar-refractivity contribution in [1.82, 2.24) is 0 Å². The van der Waals surface area contributed by atoms with Crippen LogP contribution in [0.15, 0.2) is 133 Å². The van der Waals surface area contributed by atoms with E-state index in [1.54, 1.807) is 0 Å². The normalized spacial score (nSPS) is 15.8. The molecular formula is C52H48F6O2S. The number of benzene rings is 6. The van der Waals surface area contributed by atoms with E-state index < -0.39 is 54.2 Å². The molecule has 0 aliphatic heterocycles. The fourth-order valence-corrected chi connectivity index (χ4v) is 13.6. The zero-order chi connectivity index (χ0) is 42.8. The molecule has 8 rings (SSSR count). The molecule has 0 spiro atoms. The van der Waals surface area contributed by atoms with E-state index >= 15 is 34.8 Å². The Labute approximate surface area is 354 Å². The molecule has 0 unspecified atom stereocenters. The minimum Gasteiger partial charge on any atom is -0.226 e. The number of hydrogen-bond donors (Lipinski definition) is 0. The molecule has 61 heavy (non-hydrogen) atoms. The Morgan fingerprint density at radius 3 is 0.918 bits per heavy atom. The van der Waals surface area contributed by atoms with Gasteiger partial charge in [-0.05, 0) is 142 Å². The van der Waals surface area contributed by atoms with Gasteiger partial charge in [-0.2, -0.15) is 0 Å². The van der Waals surface area contributed by atoms with Gasteiger partial charge in [0.2, 0.25) is 0 Å². The SMILES string of the molecule is O=S(=O)(C(c1ccc(F)cc1)(c1ccc(F)cc1)c1ccc(F)cc1CC1CCCCC1)C(c1ccc(F)cc1)(c1ccc(F)cc1)c1ccc(F)cc1CC1CCCCC1. The molecule has 316 valence electrons.